The summed E-state index contributed by atoms with van der Waals surface area (Å²) in [5, 5.41) is 10.4. The molecule has 0 fully saturated rings. The lowest BCUT2D eigenvalue weighted by Crippen LogP contribution is -2.20. The van der Waals surface area contributed by atoms with Crippen molar-refractivity contribution >= 4 is 11.6 Å². The molecule has 1 heterocycles. The number of para-hydroxylation sites is 1. The monoisotopic (exact) mass is 230 g/mol. The molecule has 0 radical (unpaired) electrons. The Bertz CT molecular complexity index is 533. The van der Waals surface area contributed by atoms with E-state index in [1.807, 2.05) is 38.1 Å². The molecule has 0 spiro atoms. The minimum absolute atomic E-state index is 0.104. The highest BCUT2D eigenvalue weighted by Crippen LogP contribution is 2.12. The summed E-state index contributed by atoms with van der Waals surface area (Å²) in [5.74, 6) is -0.104. The third-order valence-corrected chi connectivity index (χ3v) is 2.52. The molecule has 88 valence electrons. The maximum Gasteiger partial charge on any atom is 0.246 e. The van der Waals surface area contributed by atoms with Gasteiger partial charge in [-0.2, -0.15) is 0 Å². The second kappa shape index (κ2) is 4.78. The van der Waals surface area contributed by atoms with Crippen molar-refractivity contribution in [2.75, 3.05) is 5.32 Å². The van der Waals surface area contributed by atoms with Crippen LogP contribution in [0.5, 0.6) is 0 Å². The van der Waals surface area contributed by atoms with Gasteiger partial charge in [-0.3, -0.25) is 4.79 Å². The van der Waals surface area contributed by atoms with Gasteiger partial charge in [-0.25, -0.2) is 4.68 Å². The third-order valence-electron chi connectivity index (χ3n) is 2.52. The molecule has 2 rings (SSSR count). The number of aryl methyl sites for hydroxylation is 2. The minimum atomic E-state index is -0.104. The molecule has 0 bridgehead atoms. The molecule has 1 amide bonds. The Morgan fingerprint density at radius 3 is 2.76 bits per heavy atom. The van der Waals surface area contributed by atoms with E-state index in [9.17, 15) is 4.79 Å². The van der Waals surface area contributed by atoms with Gasteiger partial charge in [0.05, 0.1) is 11.9 Å². The van der Waals surface area contributed by atoms with Gasteiger partial charge in [0.15, 0.2) is 0 Å². The highest BCUT2D eigenvalue weighted by Gasteiger charge is 2.07. The van der Waals surface area contributed by atoms with Crippen LogP contribution in [0.4, 0.5) is 5.69 Å². The molecule has 0 saturated heterocycles. The molecule has 0 aliphatic rings. The summed E-state index contributed by atoms with van der Waals surface area (Å²) in [6.45, 7) is 4.00. The molecule has 0 aliphatic heterocycles. The first-order valence-corrected chi connectivity index (χ1v) is 5.37. The topological polar surface area (TPSA) is 59.8 Å². The molecule has 0 saturated carbocycles. The lowest BCUT2D eigenvalue weighted by atomic mass is 10.2. The smallest absolute Gasteiger partial charge is 0.246 e. The minimum Gasteiger partial charge on any atom is -0.324 e. The van der Waals surface area contributed by atoms with E-state index in [0.717, 1.165) is 16.9 Å². The molecule has 5 heteroatoms. The maximum absolute atomic E-state index is 11.8. The van der Waals surface area contributed by atoms with Crippen LogP contribution >= 0.6 is 0 Å². The van der Waals surface area contributed by atoms with Crippen LogP contribution < -0.4 is 5.32 Å². The fourth-order valence-corrected chi connectivity index (χ4v) is 1.50. The van der Waals surface area contributed by atoms with Crippen molar-refractivity contribution in [2.45, 2.75) is 20.4 Å². The molecular formula is C12H14N4O. The highest BCUT2D eigenvalue weighted by molar-refractivity contribution is 5.91. The van der Waals surface area contributed by atoms with Crippen LogP contribution in [0, 0.1) is 13.8 Å². The first kappa shape index (κ1) is 11.3. The molecule has 5 nitrogen and oxygen atoms in total. The molecular weight excluding hydrogens is 216 g/mol. The van der Waals surface area contributed by atoms with Crippen LogP contribution in [0.25, 0.3) is 0 Å². The number of benzene rings is 1. The quantitative estimate of drug-likeness (QED) is 0.870. The number of amides is 1. The van der Waals surface area contributed by atoms with Crippen LogP contribution in [0.15, 0.2) is 30.5 Å². The summed E-state index contributed by atoms with van der Waals surface area (Å²) in [4.78, 5) is 11.8. The van der Waals surface area contributed by atoms with Gasteiger partial charge in [0, 0.05) is 5.69 Å². The van der Waals surface area contributed by atoms with Crippen molar-refractivity contribution in [2.24, 2.45) is 0 Å². The van der Waals surface area contributed by atoms with Crippen molar-refractivity contribution in [1.29, 1.82) is 0 Å². The summed E-state index contributed by atoms with van der Waals surface area (Å²) in [6.07, 6.45) is 1.63. The number of nitrogens with zero attached hydrogens (tertiary/aromatic N) is 3. The van der Waals surface area contributed by atoms with Crippen LogP contribution in [0.3, 0.4) is 0 Å². The molecule has 2 aromatic rings. The van der Waals surface area contributed by atoms with E-state index >= 15 is 0 Å². The number of hydrogen-bond acceptors (Lipinski definition) is 3. The van der Waals surface area contributed by atoms with E-state index < -0.39 is 0 Å². The van der Waals surface area contributed by atoms with Crippen LogP contribution in [0.1, 0.15) is 11.3 Å². The fourth-order valence-electron chi connectivity index (χ4n) is 1.50. The van der Waals surface area contributed by atoms with Crippen molar-refractivity contribution < 1.29 is 4.79 Å². The molecule has 1 N–H and O–H groups in total. The Kier molecular flexibility index (Phi) is 3.18. The second-order valence-corrected chi connectivity index (χ2v) is 3.90. The predicted molar refractivity (Wildman–Crippen MR) is 64.6 cm³/mol. The zero-order valence-electron chi connectivity index (χ0n) is 9.84. The zero-order valence-corrected chi connectivity index (χ0v) is 9.84. The Morgan fingerprint density at radius 2 is 2.12 bits per heavy atom. The average molecular weight is 230 g/mol. The first-order chi connectivity index (χ1) is 8.16. The van der Waals surface area contributed by atoms with E-state index in [2.05, 4.69) is 15.6 Å². The lowest BCUT2D eigenvalue weighted by Gasteiger charge is -2.08. The van der Waals surface area contributed by atoms with E-state index in [4.69, 9.17) is 0 Å². The number of nitrogens with one attached hydrogen (secondary N) is 1. The molecule has 1 aromatic heterocycles. The summed E-state index contributed by atoms with van der Waals surface area (Å²) in [5.41, 5.74) is 2.73. The SMILES string of the molecule is Cc1ccccc1NC(=O)Cn1nncc1C. The van der Waals surface area contributed by atoms with Crippen molar-refractivity contribution in [1.82, 2.24) is 15.0 Å². The van der Waals surface area contributed by atoms with Crippen molar-refractivity contribution in [3.63, 3.8) is 0 Å². The van der Waals surface area contributed by atoms with Crippen molar-refractivity contribution in [3.05, 3.63) is 41.7 Å². The van der Waals surface area contributed by atoms with Gasteiger partial charge in [0.2, 0.25) is 5.91 Å². The zero-order chi connectivity index (χ0) is 12.3. The maximum atomic E-state index is 11.8. The first-order valence-electron chi connectivity index (χ1n) is 5.37. The standard InChI is InChI=1S/C12H14N4O/c1-9-5-3-4-6-11(9)14-12(17)8-16-10(2)7-13-15-16/h3-7H,8H2,1-2H3,(H,14,17). The summed E-state index contributed by atoms with van der Waals surface area (Å²) < 4.78 is 1.56. The number of carbonyl (C=O) groups is 1. The van der Waals surface area contributed by atoms with Gasteiger partial charge in [0.1, 0.15) is 6.54 Å². The molecule has 17 heavy (non-hydrogen) atoms. The van der Waals surface area contributed by atoms with E-state index in [-0.39, 0.29) is 12.5 Å². The van der Waals surface area contributed by atoms with Crippen molar-refractivity contribution in [3.8, 4) is 0 Å². The average Bonchev–Trinajstić information content (AvgIpc) is 2.68. The third kappa shape index (κ3) is 2.69. The van der Waals surface area contributed by atoms with E-state index in [1.165, 1.54) is 0 Å². The van der Waals surface area contributed by atoms with Crippen LogP contribution in [-0.4, -0.2) is 20.9 Å². The normalized spacial score (nSPS) is 10.2. The van der Waals surface area contributed by atoms with Crippen LogP contribution in [-0.2, 0) is 11.3 Å². The van der Waals surface area contributed by atoms with Crippen LogP contribution in [0.2, 0.25) is 0 Å². The van der Waals surface area contributed by atoms with Gasteiger partial charge in [-0.1, -0.05) is 23.4 Å². The van der Waals surface area contributed by atoms with Gasteiger partial charge < -0.3 is 5.32 Å². The van der Waals surface area contributed by atoms with Gasteiger partial charge in [0.25, 0.3) is 0 Å². The fraction of sp³-hybridized carbons (Fsp3) is 0.250. The number of rotatable bonds is 3. The molecule has 0 aliphatic carbocycles. The van der Waals surface area contributed by atoms with Gasteiger partial charge >= 0.3 is 0 Å². The lowest BCUT2D eigenvalue weighted by molar-refractivity contribution is -0.117. The summed E-state index contributed by atoms with van der Waals surface area (Å²) >= 11 is 0. The number of anilines is 1. The number of hydrogen-bond donors (Lipinski definition) is 1. The molecule has 0 atom stereocenters. The predicted octanol–water partition coefficient (Wildman–Crippen LogP) is 1.53. The number of carbonyl (C=O) groups excluding carboxylic acids is 1. The van der Waals surface area contributed by atoms with E-state index in [1.54, 1.807) is 10.9 Å². The van der Waals surface area contributed by atoms with E-state index in [0.29, 0.717) is 0 Å². The largest absolute Gasteiger partial charge is 0.324 e. The Hall–Kier alpha value is -2.17. The highest BCUT2D eigenvalue weighted by atomic mass is 16.2. The Morgan fingerprint density at radius 1 is 1.35 bits per heavy atom. The summed E-state index contributed by atoms with van der Waals surface area (Å²) in [7, 11) is 0. The van der Waals surface area contributed by atoms with Gasteiger partial charge in [-0.05, 0) is 25.5 Å². The second-order valence-electron chi connectivity index (χ2n) is 3.90. The Balaban J connectivity index is 2.03. The van der Waals surface area contributed by atoms with Gasteiger partial charge in [-0.15, -0.1) is 5.10 Å². The number of aromatic nitrogens is 3. The molecule has 1 aromatic carbocycles. The summed E-state index contributed by atoms with van der Waals surface area (Å²) in [6, 6.07) is 7.66. The molecule has 0 unspecified atom stereocenters. The Labute approximate surface area is 99.5 Å².